The van der Waals surface area contributed by atoms with E-state index < -0.39 is 5.82 Å². The zero-order chi connectivity index (χ0) is 11.5. The fourth-order valence-electron chi connectivity index (χ4n) is 1.44. The van der Waals surface area contributed by atoms with Gasteiger partial charge in [0.2, 0.25) is 0 Å². The Hall–Kier alpha value is -1.82. The van der Waals surface area contributed by atoms with E-state index in [2.05, 4.69) is 10.3 Å². The van der Waals surface area contributed by atoms with E-state index in [4.69, 9.17) is 5.73 Å². The van der Waals surface area contributed by atoms with Crippen LogP contribution in [0.4, 0.5) is 4.39 Å². The summed E-state index contributed by atoms with van der Waals surface area (Å²) in [6.45, 7) is 0.908. The van der Waals surface area contributed by atoms with E-state index in [0.29, 0.717) is 24.9 Å². The van der Waals surface area contributed by atoms with Gasteiger partial charge in [-0.05, 0) is 25.1 Å². The first-order valence-electron chi connectivity index (χ1n) is 4.95. The van der Waals surface area contributed by atoms with Crippen LogP contribution in [0.5, 0.6) is 0 Å². The van der Waals surface area contributed by atoms with Gasteiger partial charge in [-0.2, -0.15) is 0 Å². The highest BCUT2D eigenvalue weighted by atomic mass is 19.1. The number of hydrogen-bond acceptors (Lipinski definition) is 4. The summed E-state index contributed by atoms with van der Waals surface area (Å²) in [5, 5.41) is 7.87. The maximum absolute atomic E-state index is 12.9. The van der Waals surface area contributed by atoms with Crippen LogP contribution in [0.1, 0.15) is 6.42 Å². The second-order valence-electron chi connectivity index (χ2n) is 3.42. The molecule has 0 atom stereocenters. The number of rotatable bonds is 3. The van der Waals surface area contributed by atoms with Gasteiger partial charge in [0, 0.05) is 12.6 Å². The summed E-state index contributed by atoms with van der Waals surface area (Å²) in [7, 11) is 0. The molecule has 1 aromatic heterocycles. The first kappa shape index (κ1) is 10.7. The molecule has 0 radical (unpaired) electrons. The van der Waals surface area contributed by atoms with Crippen molar-refractivity contribution in [1.29, 1.82) is 0 Å². The maximum Gasteiger partial charge on any atom is 0.277 e. The lowest BCUT2D eigenvalue weighted by Gasteiger charge is -2.03. The summed E-state index contributed by atoms with van der Waals surface area (Å²) in [6, 6.07) is 3.84. The van der Waals surface area contributed by atoms with Crippen molar-refractivity contribution in [3.8, 4) is 0 Å². The fourth-order valence-corrected chi connectivity index (χ4v) is 1.44. The molecule has 0 spiro atoms. The molecule has 0 aliphatic carbocycles. The van der Waals surface area contributed by atoms with Crippen LogP contribution in [0.25, 0.3) is 10.9 Å². The average Bonchev–Trinajstić information content (AvgIpc) is 2.28. The Kier molecular flexibility index (Phi) is 2.91. The Morgan fingerprint density at radius 3 is 3.00 bits per heavy atom. The van der Waals surface area contributed by atoms with Gasteiger partial charge in [-0.1, -0.05) is 5.21 Å². The third-order valence-corrected chi connectivity index (χ3v) is 2.26. The quantitative estimate of drug-likeness (QED) is 0.809. The van der Waals surface area contributed by atoms with Crippen LogP contribution in [0, 0.1) is 5.82 Å². The molecule has 0 amide bonds. The molecular weight excluding hydrogens is 211 g/mol. The molecular formula is C10H11FN4O. The van der Waals surface area contributed by atoms with Crippen LogP contribution in [0.3, 0.4) is 0 Å². The van der Waals surface area contributed by atoms with Gasteiger partial charge in [-0.25, -0.2) is 9.07 Å². The Balaban J connectivity index is 2.53. The van der Waals surface area contributed by atoms with Crippen LogP contribution < -0.4 is 11.3 Å². The molecule has 2 rings (SSSR count). The average molecular weight is 222 g/mol. The number of halogens is 1. The third kappa shape index (κ3) is 1.92. The molecule has 2 aromatic rings. The van der Waals surface area contributed by atoms with E-state index in [1.54, 1.807) is 0 Å². The number of nitrogens with two attached hydrogens (primary N) is 1. The smallest absolute Gasteiger partial charge is 0.277 e. The Morgan fingerprint density at radius 2 is 2.25 bits per heavy atom. The molecule has 0 fully saturated rings. The molecule has 5 nitrogen and oxygen atoms in total. The minimum absolute atomic E-state index is 0.265. The minimum Gasteiger partial charge on any atom is -0.330 e. The maximum atomic E-state index is 12.9. The van der Waals surface area contributed by atoms with E-state index in [1.807, 2.05) is 0 Å². The van der Waals surface area contributed by atoms with Crippen molar-refractivity contribution in [1.82, 2.24) is 15.0 Å². The summed E-state index contributed by atoms with van der Waals surface area (Å²) in [6.07, 6.45) is 0.654. The Morgan fingerprint density at radius 1 is 1.44 bits per heavy atom. The highest BCUT2D eigenvalue weighted by molar-refractivity contribution is 5.76. The number of benzene rings is 1. The number of aromatic nitrogens is 3. The molecule has 1 heterocycles. The van der Waals surface area contributed by atoms with Crippen molar-refractivity contribution in [3.63, 3.8) is 0 Å². The summed E-state index contributed by atoms with van der Waals surface area (Å²) in [4.78, 5) is 11.8. The Labute approximate surface area is 90.7 Å². The van der Waals surface area contributed by atoms with Crippen molar-refractivity contribution >= 4 is 10.9 Å². The molecule has 2 N–H and O–H groups in total. The van der Waals surface area contributed by atoms with Crippen molar-refractivity contribution in [3.05, 3.63) is 34.4 Å². The number of aryl methyl sites for hydroxylation is 1. The van der Waals surface area contributed by atoms with Crippen molar-refractivity contribution in [2.75, 3.05) is 6.54 Å². The van der Waals surface area contributed by atoms with Gasteiger partial charge in [-0.15, -0.1) is 5.10 Å². The largest absolute Gasteiger partial charge is 0.330 e. The fraction of sp³-hybridized carbons (Fsp3) is 0.300. The predicted octanol–water partition coefficient (Wildman–Crippen LogP) is 0.279. The number of nitrogens with zero attached hydrogens (tertiary/aromatic N) is 3. The van der Waals surface area contributed by atoms with Gasteiger partial charge in [-0.3, -0.25) is 4.79 Å². The lowest BCUT2D eigenvalue weighted by atomic mass is 10.2. The summed E-state index contributed by atoms with van der Waals surface area (Å²) >= 11 is 0. The molecule has 0 aliphatic rings. The van der Waals surface area contributed by atoms with Crippen LogP contribution in [-0.2, 0) is 6.54 Å². The first-order valence-corrected chi connectivity index (χ1v) is 4.95. The lowest BCUT2D eigenvalue weighted by Crippen LogP contribution is -2.25. The van der Waals surface area contributed by atoms with Gasteiger partial charge in [0.1, 0.15) is 11.3 Å². The van der Waals surface area contributed by atoms with Crippen LogP contribution in [0.15, 0.2) is 23.0 Å². The zero-order valence-electron chi connectivity index (χ0n) is 8.56. The summed E-state index contributed by atoms with van der Waals surface area (Å²) in [5.74, 6) is -0.430. The van der Waals surface area contributed by atoms with Crippen LogP contribution in [0.2, 0.25) is 0 Å². The molecule has 6 heteroatoms. The second kappa shape index (κ2) is 4.36. The molecule has 1 aromatic carbocycles. The first-order chi connectivity index (χ1) is 7.72. The van der Waals surface area contributed by atoms with Gasteiger partial charge >= 0.3 is 0 Å². The minimum atomic E-state index is -0.430. The van der Waals surface area contributed by atoms with Crippen LogP contribution >= 0.6 is 0 Å². The van der Waals surface area contributed by atoms with E-state index in [0.717, 1.165) is 0 Å². The monoisotopic (exact) mass is 222 g/mol. The molecule has 0 unspecified atom stereocenters. The highest BCUT2D eigenvalue weighted by Gasteiger charge is 2.05. The Bertz CT molecular complexity index is 566. The molecule has 16 heavy (non-hydrogen) atoms. The summed E-state index contributed by atoms with van der Waals surface area (Å²) < 4.78 is 14.1. The van der Waals surface area contributed by atoms with E-state index in [1.165, 1.54) is 22.9 Å². The molecule has 0 aliphatic heterocycles. The molecule has 84 valence electrons. The van der Waals surface area contributed by atoms with Gasteiger partial charge < -0.3 is 5.73 Å². The van der Waals surface area contributed by atoms with E-state index in [-0.39, 0.29) is 11.1 Å². The van der Waals surface area contributed by atoms with E-state index >= 15 is 0 Å². The third-order valence-electron chi connectivity index (χ3n) is 2.26. The lowest BCUT2D eigenvalue weighted by molar-refractivity contribution is 0.529. The van der Waals surface area contributed by atoms with Crippen molar-refractivity contribution < 1.29 is 4.39 Å². The molecule has 0 saturated carbocycles. The van der Waals surface area contributed by atoms with Crippen LogP contribution in [-0.4, -0.2) is 21.5 Å². The highest BCUT2D eigenvalue weighted by Crippen LogP contribution is 2.07. The SMILES string of the molecule is NCCCn1nnc2cc(F)ccc2c1=O. The van der Waals surface area contributed by atoms with Gasteiger partial charge in [0.05, 0.1) is 5.39 Å². The zero-order valence-corrected chi connectivity index (χ0v) is 8.56. The topological polar surface area (TPSA) is 73.8 Å². The second-order valence-corrected chi connectivity index (χ2v) is 3.42. The van der Waals surface area contributed by atoms with Crippen molar-refractivity contribution in [2.24, 2.45) is 5.73 Å². The number of hydrogen-bond donors (Lipinski definition) is 1. The van der Waals surface area contributed by atoms with Gasteiger partial charge in [0.15, 0.2) is 0 Å². The molecule has 0 saturated heterocycles. The predicted molar refractivity (Wildman–Crippen MR) is 57.4 cm³/mol. The molecule has 0 bridgehead atoms. The van der Waals surface area contributed by atoms with E-state index in [9.17, 15) is 9.18 Å². The number of fused-ring (bicyclic) bond motifs is 1. The van der Waals surface area contributed by atoms with Crippen molar-refractivity contribution in [2.45, 2.75) is 13.0 Å². The summed E-state index contributed by atoms with van der Waals surface area (Å²) in [5.41, 5.74) is 5.35. The van der Waals surface area contributed by atoms with Gasteiger partial charge in [0.25, 0.3) is 5.56 Å². The standard InChI is InChI=1S/C10H11FN4O/c11-7-2-3-8-9(6-7)13-14-15(10(8)16)5-1-4-12/h2-3,6H,1,4-5,12H2. The normalized spacial score (nSPS) is 10.9.